The standard InChI is InChI=1S/C10H11ClF2O2S/c1-6-8(3-4-16(11,14)15)7(2)10(13)5-9(6)12/h5H,3-4H2,1-2H3. The lowest BCUT2D eigenvalue weighted by atomic mass is 10.00. The highest BCUT2D eigenvalue weighted by atomic mass is 35.7. The fourth-order valence-corrected chi connectivity index (χ4v) is 2.18. The Morgan fingerprint density at radius 2 is 1.62 bits per heavy atom. The number of hydrogen-bond acceptors (Lipinski definition) is 2. The van der Waals surface area contributed by atoms with Crippen LogP contribution < -0.4 is 0 Å². The maximum atomic E-state index is 13.2. The second kappa shape index (κ2) is 4.67. The van der Waals surface area contributed by atoms with Crippen LogP contribution in [0, 0.1) is 25.5 Å². The van der Waals surface area contributed by atoms with Crippen molar-refractivity contribution in [3.63, 3.8) is 0 Å². The Balaban J connectivity index is 3.13. The minimum Gasteiger partial charge on any atom is -0.212 e. The van der Waals surface area contributed by atoms with Gasteiger partial charge >= 0.3 is 0 Å². The highest BCUT2D eigenvalue weighted by molar-refractivity contribution is 8.13. The highest BCUT2D eigenvalue weighted by Gasteiger charge is 2.15. The molecule has 1 aromatic rings. The smallest absolute Gasteiger partial charge is 0.212 e. The van der Waals surface area contributed by atoms with Crippen molar-refractivity contribution < 1.29 is 17.2 Å². The molecule has 0 aliphatic heterocycles. The van der Waals surface area contributed by atoms with Gasteiger partial charge in [0.05, 0.1) is 5.75 Å². The first-order valence-electron chi connectivity index (χ1n) is 4.59. The molecule has 0 heterocycles. The predicted molar refractivity (Wildman–Crippen MR) is 59.2 cm³/mol. The van der Waals surface area contributed by atoms with Crippen LogP contribution in [0.2, 0.25) is 0 Å². The van der Waals surface area contributed by atoms with Gasteiger partial charge in [0.25, 0.3) is 0 Å². The van der Waals surface area contributed by atoms with Gasteiger partial charge in [-0.05, 0) is 37.0 Å². The van der Waals surface area contributed by atoms with Crippen molar-refractivity contribution in [2.24, 2.45) is 0 Å². The Hall–Kier alpha value is -0.680. The summed E-state index contributed by atoms with van der Waals surface area (Å²) in [4.78, 5) is 0. The minimum atomic E-state index is -3.65. The van der Waals surface area contributed by atoms with Crippen LogP contribution in [0.5, 0.6) is 0 Å². The molecule has 0 fully saturated rings. The Kier molecular flexibility index (Phi) is 3.91. The van der Waals surface area contributed by atoms with Crippen molar-refractivity contribution in [1.82, 2.24) is 0 Å². The van der Waals surface area contributed by atoms with Crippen molar-refractivity contribution in [1.29, 1.82) is 0 Å². The summed E-state index contributed by atoms with van der Waals surface area (Å²) >= 11 is 0. The van der Waals surface area contributed by atoms with E-state index in [1.807, 2.05) is 0 Å². The SMILES string of the molecule is Cc1c(F)cc(F)c(C)c1CCS(=O)(=O)Cl. The molecular weight excluding hydrogens is 258 g/mol. The summed E-state index contributed by atoms with van der Waals surface area (Å²) < 4.78 is 48.0. The average molecular weight is 269 g/mol. The molecule has 90 valence electrons. The topological polar surface area (TPSA) is 34.1 Å². The van der Waals surface area contributed by atoms with Crippen molar-refractivity contribution in [3.8, 4) is 0 Å². The van der Waals surface area contributed by atoms with Crippen LogP contribution in [0.1, 0.15) is 16.7 Å². The maximum Gasteiger partial charge on any atom is 0.232 e. The van der Waals surface area contributed by atoms with Crippen molar-refractivity contribution >= 4 is 19.7 Å². The summed E-state index contributed by atoms with van der Waals surface area (Å²) in [5.74, 6) is -1.69. The number of hydrogen-bond donors (Lipinski definition) is 0. The van der Waals surface area contributed by atoms with Gasteiger partial charge in [0.15, 0.2) is 0 Å². The molecule has 0 unspecified atom stereocenters. The van der Waals surface area contributed by atoms with Gasteiger partial charge in [-0.3, -0.25) is 0 Å². The number of benzene rings is 1. The third-order valence-electron chi connectivity index (χ3n) is 2.47. The van der Waals surface area contributed by atoms with E-state index in [0.717, 1.165) is 6.07 Å². The first-order valence-corrected chi connectivity index (χ1v) is 7.06. The van der Waals surface area contributed by atoms with Crippen molar-refractivity contribution in [2.75, 3.05) is 5.75 Å². The van der Waals surface area contributed by atoms with E-state index in [1.54, 1.807) is 0 Å². The predicted octanol–water partition coefficient (Wildman–Crippen LogP) is 2.69. The second-order valence-electron chi connectivity index (χ2n) is 3.56. The molecule has 0 saturated heterocycles. The molecular formula is C10H11ClF2O2S. The van der Waals surface area contributed by atoms with Gasteiger partial charge in [-0.25, -0.2) is 17.2 Å². The van der Waals surface area contributed by atoms with Gasteiger partial charge in [-0.2, -0.15) is 0 Å². The van der Waals surface area contributed by atoms with Gasteiger partial charge < -0.3 is 0 Å². The molecule has 0 aliphatic carbocycles. The second-order valence-corrected chi connectivity index (χ2v) is 6.46. The van der Waals surface area contributed by atoms with E-state index in [0.29, 0.717) is 5.56 Å². The highest BCUT2D eigenvalue weighted by Crippen LogP contribution is 2.21. The molecule has 1 aromatic carbocycles. The quantitative estimate of drug-likeness (QED) is 0.790. The van der Waals surface area contributed by atoms with E-state index in [2.05, 4.69) is 0 Å². The van der Waals surface area contributed by atoms with Gasteiger partial charge in [-0.1, -0.05) is 0 Å². The molecule has 0 aromatic heterocycles. The maximum absolute atomic E-state index is 13.2. The molecule has 0 radical (unpaired) electrons. The lowest BCUT2D eigenvalue weighted by molar-refractivity contribution is 0.566. The fourth-order valence-electron chi connectivity index (χ4n) is 1.50. The Morgan fingerprint density at radius 1 is 1.19 bits per heavy atom. The fraction of sp³-hybridized carbons (Fsp3) is 0.400. The molecule has 0 saturated carbocycles. The van der Waals surface area contributed by atoms with Crippen LogP contribution in [0.4, 0.5) is 8.78 Å². The molecule has 16 heavy (non-hydrogen) atoms. The molecule has 2 nitrogen and oxygen atoms in total. The van der Waals surface area contributed by atoms with Gasteiger partial charge in [-0.15, -0.1) is 0 Å². The third-order valence-corrected chi connectivity index (χ3v) is 3.63. The molecule has 0 amide bonds. The van der Waals surface area contributed by atoms with E-state index in [9.17, 15) is 17.2 Å². The molecule has 0 N–H and O–H groups in total. The summed E-state index contributed by atoms with van der Waals surface area (Å²) in [6.07, 6.45) is 0.0121. The molecule has 1 rings (SSSR count). The van der Waals surface area contributed by atoms with E-state index in [-0.39, 0.29) is 23.3 Å². The molecule has 0 bridgehead atoms. The molecule has 0 aliphatic rings. The lowest BCUT2D eigenvalue weighted by Crippen LogP contribution is -2.07. The van der Waals surface area contributed by atoms with Gasteiger partial charge in [0, 0.05) is 16.7 Å². The van der Waals surface area contributed by atoms with Gasteiger partial charge in [0.2, 0.25) is 9.05 Å². The van der Waals surface area contributed by atoms with Crippen molar-refractivity contribution in [3.05, 3.63) is 34.4 Å². The van der Waals surface area contributed by atoms with Crippen LogP contribution in [0.25, 0.3) is 0 Å². The number of halogens is 3. The van der Waals surface area contributed by atoms with E-state index in [4.69, 9.17) is 10.7 Å². The molecule has 0 spiro atoms. The Labute approximate surface area is 97.7 Å². The first kappa shape index (κ1) is 13.4. The first-order chi connectivity index (χ1) is 7.22. The minimum absolute atomic E-state index is 0.0121. The van der Waals surface area contributed by atoms with Crippen LogP contribution in [0.3, 0.4) is 0 Å². The largest absolute Gasteiger partial charge is 0.232 e. The summed E-state index contributed by atoms with van der Waals surface area (Å²) in [5.41, 5.74) is 0.889. The normalized spacial score (nSPS) is 11.8. The zero-order valence-corrected chi connectivity index (χ0v) is 10.4. The van der Waals surface area contributed by atoms with Crippen molar-refractivity contribution in [2.45, 2.75) is 20.3 Å². The van der Waals surface area contributed by atoms with Crippen LogP contribution in [-0.2, 0) is 15.5 Å². The van der Waals surface area contributed by atoms with E-state index < -0.39 is 20.7 Å². The van der Waals surface area contributed by atoms with E-state index >= 15 is 0 Å². The zero-order chi connectivity index (χ0) is 12.5. The number of rotatable bonds is 3. The summed E-state index contributed by atoms with van der Waals surface area (Å²) in [6, 6.07) is 0.795. The molecule has 6 heteroatoms. The van der Waals surface area contributed by atoms with Gasteiger partial charge in [0.1, 0.15) is 11.6 Å². The third kappa shape index (κ3) is 3.15. The van der Waals surface area contributed by atoms with Crippen LogP contribution >= 0.6 is 10.7 Å². The van der Waals surface area contributed by atoms with Crippen LogP contribution in [-0.4, -0.2) is 14.2 Å². The van der Waals surface area contributed by atoms with E-state index in [1.165, 1.54) is 13.8 Å². The Bertz CT molecular complexity index is 486. The summed E-state index contributed by atoms with van der Waals surface area (Å²) in [5, 5.41) is 0. The zero-order valence-electron chi connectivity index (χ0n) is 8.85. The average Bonchev–Trinajstić information content (AvgIpc) is 2.13. The van der Waals surface area contributed by atoms with Crippen LogP contribution in [0.15, 0.2) is 6.07 Å². The summed E-state index contributed by atoms with van der Waals surface area (Å²) in [6.45, 7) is 2.97. The lowest BCUT2D eigenvalue weighted by Gasteiger charge is -2.10. The summed E-state index contributed by atoms with van der Waals surface area (Å²) in [7, 11) is 1.40. The molecule has 0 atom stereocenters. The monoisotopic (exact) mass is 268 g/mol. The Morgan fingerprint density at radius 3 is 2.00 bits per heavy atom.